The van der Waals surface area contributed by atoms with Gasteiger partial charge in [-0.25, -0.2) is 13.6 Å². The van der Waals surface area contributed by atoms with E-state index in [9.17, 15) is 23.2 Å². The molecule has 31 heavy (non-hydrogen) atoms. The van der Waals surface area contributed by atoms with Gasteiger partial charge in [0.2, 0.25) is 5.91 Å². The maximum absolute atomic E-state index is 13.3. The van der Waals surface area contributed by atoms with Crippen molar-refractivity contribution in [1.82, 2.24) is 9.55 Å². The quantitative estimate of drug-likeness (QED) is 0.531. The van der Waals surface area contributed by atoms with Crippen molar-refractivity contribution in [2.24, 2.45) is 0 Å². The average Bonchev–Trinajstić information content (AvgIpc) is 2.70. The van der Waals surface area contributed by atoms with Crippen LogP contribution in [0.15, 0.2) is 58.1 Å². The fourth-order valence-electron chi connectivity index (χ4n) is 3.15. The highest BCUT2D eigenvalue weighted by atomic mass is 19.1. The topological polar surface area (TPSA) is 113 Å². The standard InChI is InChI=1S/C21H21F2N5O3/c1-2-27(12-17(29)25-16-9-14(22)8-15(23)10-16)18-19(24)28(21(31)26-20(18)30)11-13-6-4-3-5-7-13/h3-10H,2,11-12,24H2,1H3,(H,25,29)(H,26,30,31). The zero-order valence-corrected chi connectivity index (χ0v) is 16.7. The number of H-pyrrole nitrogens is 1. The van der Waals surface area contributed by atoms with Crippen LogP contribution in [0.4, 0.5) is 26.0 Å². The third-order valence-corrected chi connectivity index (χ3v) is 4.58. The minimum atomic E-state index is -0.837. The predicted octanol–water partition coefficient (Wildman–Crippen LogP) is 1.91. The Morgan fingerprint density at radius 2 is 1.77 bits per heavy atom. The molecular weight excluding hydrogens is 408 g/mol. The number of rotatable bonds is 7. The Labute approximate surface area is 175 Å². The molecule has 4 N–H and O–H groups in total. The number of carbonyl (C=O) groups is 1. The van der Waals surface area contributed by atoms with E-state index in [1.54, 1.807) is 31.2 Å². The lowest BCUT2D eigenvalue weighted by Gasteiger charge is -2.24. The highest BCUT2D eigenvalue weighted by molar-refractivity contribution is 5.94. The van der Waals surface area contributed by atoms with Gasteiger partial charge in [0.05, 0.1) is 13.1 Å². The number of nitrogen functional groups attached to an aromatic ring is 1. The first-order chi connectivity index (χ1) is 14.8. The minimum absolute atomic E-state index is 0.0430. The van der Waals surface area contributed by atoms with E-state index in [-0.39, 0.29) is 36.8 Å². The van der Waals surface area contributed by atoms with Crippen molar-refractivity contribution in [3.8, 4) is 0 Å². The van der Waals surface area contributed by atoms with E-state index in [0.29, 0.717) is 6.07 Å². The van der Waals surface area contributed by atoms with Gasteiger partial charge in [0, 0.05) is 18.3 Å². The molecule has 0 fully saturated rings. The number of likely N-dealkylation sites (N-methyl/N-ethyl adjacent to an activating group) is 1. The largest absolute Gasteiger partial charge is 0.383 e. The van der Waals surface area contributed by atoms with Crippen LogP contribution < -0.4 is 27.2 Å². The van der Waals surface area contributed by atoms with Crippen LogP contribution in [0.5, 0.6) is 0 Å². The van der Waals surface area contributed by atoms with Crippen LogP contribution in [-0.4, -0.2) is 28.5 Å². The van der Waals surface area contributed by atoms with E-state index in [2.05, 4.69) is 10.3 Å². The molecule has 1 amide bonds. The Balaban J connectivity index is 1.88. The molecule has 0 aliphatic rings. The molecule has 0 aliphatic heterocycles. The van der Waals surface area contributed by atoms with Crippen molar-refractivity contribution in [3.05, 3.63) is 86.6 Å². The number of nitrogens with one attached hydrogen (secondary N) is 2. The summed E-state index contributed by atoms with van der Waals surface area (Å²) < 4.78 is 27.9. The normalized spacial score (nSPS) is 10.7. The summed E-state index contributed by atoms with van der Waals surface area (Å²) in [6, 6.07) is 11.7. The lowest BCUT2D eigenvalue weighted by molar-refractivity contribution is -0.115. The molecule has 0 unspecified atom stereocenters. The summed E-state index contributed by atoms with van der Waals surface area (Å²) in [4.78, 5) is 40.8. The summed E-state index contributed by atoms with van der Waals surface area (Å²) in [7, 11) is 0. The lowest BCUT2D eigenvalue weighted by atomic mass is 10.2. The molecule has 0 saturated heterocycles. The van der Waals surface area contributed by atoms with Gasteiger partial charge >= 0.3 is 5.69 Å². The molecule has 3 aromatic rings. The van der Waals surface area contributed by atoms with Gasteiger partial charge in [-0.05, 0) is 24.6 Å². The molecule has 10 heteroatoms. The van der Waals surface area contributed by atoms with Gasteiger partial charge in [-0.3, -0.25) is 19.1 Å². The summed E-state index contributed by atoms with van der Waals surface area (Å²) >= 11 is 0. The molecule has 1 aromatic heterocycles. The second-order valence-electron chi connectivity index (χ2n) is 6.79. The van der Waals surface area contributed by atoms with Crippen LogP contribution in [0, 0.1) is 11.6 Å². The van der Waals surface area contributed by atoms with Crippen LogP contribution in [0.2, 0.25) is 0 Å². The lowest BCUT2D eigenvalue weighted by Crippen LogP contribution is -2.41. The summed E-state index contributed by atoms with van der Waals surface area (Å²) in [5.74, 6) is -2.39. The number of anilines is 3. The van der Waals surface area contributed by atoms with Gasteiger partial charge in [-0.1, -0.05) is 30.3 Å². The highest BCUT2D eigenvalue weighted by Crippen LogP contribution is 2.18. The summed E-state index contributed by atoms with van der Waals surface area (Å²) in [5.41, 5.74) is 5.43. The number of aromatic amines is 1. The molecule has 162 valence electrons. The van der Waals surface area contributed by atoms with Crippen LogP contribution in [0.3, 0.4) is 0 Å². The number of carbonyl (C=O) groups excluding carboxylic acids is 1. The van der Waals surface area contributed by atoms with E-state index in [4.69, 9.17) is 5.73 Å². The number of nitrogens with two attached hydrogens (primary N) is 1. The third-order valence-electron chi connectivity index (χ3n) is 4.58. The smallest absolute Gasteiger partial charge is 0.330 e. The first kappa shape index (κ1) is 21.8. The van der Waals surface area contributed by atoms with E-state index >= 15 is 0 Å². The van der Waals surface area contributed by atoms with Crippen molar-refractivity contribution < 1.29 is 13.6 Å². The number of amides is 1. The van der Waals surface area contributed by atoms with E-state index in [0.717, 1.165) is 17.7 Å². The molecule has 0 saturated carbocycles. The zero-order valence-electron chi connectivity index (χ0n) is 16.7. The Morgan fingerprint density at radius 1 is 1.13 bits per heavy atom. The van der Waals surface area contributed by atoms with Gasteiger partial charge < -0.3 is 16.0 Å². The minimum Gasteiger partial charge on any atom is -0.383 e. The van der Waals surface area contributed by atoms with Crippen LogP contribution in [-0.2, 0) is 11.3 Å². The molecule has 2 aromatic carbocycles. The number of halogens is 2. The number of nitrogens with zero attached hydrogens (tertiary/aromatic N) is 2. The van der Waals surface area contributed by atoms with Gasteiger partial charge in [-0.15, -0.1) is 0 Å². The van der Waals surface area contributed by atoms with E-state index in [1.165, 1.54) is 9.47 Å². The van der Waals surface area contributed by atoms with E-state index in [1.807, 2.05) is 6.07 Å². The van der Waals surface area contributed by atoms with E-state index < -0.39 is 28.8 Å². The first-order valence-corrected chi connectivity index (χ1v) is 9.46. The predicted molar refractivity (Wildman–Crippen MR) is 114 cm³/mol. The Kier molecular flexibility index (Phi) is 6.49. The van der Waals surface area contributed by atoms with Gasteiger partial charge in [0.25, 0.3) is 5.56 Å². The monoisotopic (exact) mass is 429 g/mol. The van der Waals surface area contributed by atoms with Crippen LogP contribution in [0.1, 0.15) is 12.5 Å². The van der Waals surface area contributed by atoms with Crippen molar-refractivity contribution >= 4 is 23.1 Å². The molecule has 0 radical (unpaired) electrons. The number of aromatic nitrogens is 2. The van der Waals surface area contributed by atoms with Crippen LogP contribution >= 0.6 is 0 Å². The fourth-order valence-corrected chi connectivity index (χ4v) is 3.15. The van der Waals surface area contributed by atoms with Crippen molar-refractivity contribution in [1.29, 1.82) is 0 Å². The first-order valence-electron chi connectivity index (χ1n) is 9.46. The summed E-state index contributed by atoms with van der Waals surface area (Å²) in [5, 5.41) is 2.38. The molecule has 8 nitrogen and oxygen atoms in total. The SMILES string of the molecule is CCN(CC(=O)Nc1cc(F)cc(F)c1)c1c(N)n(Cc2ccccc2)c(=O)[nH]c1=O. The molecule has 3 rings (SSSR count). The van der Waals surface area contributed by atoms with Gasteiger partial charge in [-0.2, -0.15) is 0 Å². The molecule has 0 bridgehead atoms. The highest BCUT2D eigenvalue weighted by Gasteiger charge is 2.20. The summed E-state index contributed by atoms with van der Waals surface area (Å²) in [6.45, 7) is 1.70. The average molecular weight is 429 g/mol. The molecular formula is C21H21F2N5O3. The molecule has 0 atom stereocenters. The fraction of sp³-hybridized carbons (Fsp3) is 0.190. The second kappa shape index (κ2) is 9.24. The molecule has 0 spiro atoms. The zero-order chi connectivity index (χ0) is 22.5. The molecule has 1 heterocycles. The van der Waals surface area contributed by atoms with Gasteiger partial charge in [0.1, 0.15) is 23.1 Å². The van der Waals surface area contributed by atoms with Crippen molar-refractivity contribution in [3.63, 3.8) is 0 Å². The molecule has 0 aliphatic carbocycles. The third kappa shape index (κ3) is 5.16. The van der Waals surface area contributed by atoms with Gasteiger partial charge in [0.15, 0.2) is 0 Å². The second-order valence-corrected chi connectivity index (χ2v) is 6.79. The number of benzene rings is 2. The maximum atomic E-state index is 13.3. The van der Waals surface area contributed by atoms with Crippen molar-refractivity contribution in [2.45, 2.75) is 13.5 Å². The Morgan fingerprint density at radius 3 is 2.39 bits per heavy atom. The van der Waals surface area contributed by atoms with Crippen molar-refractivity contribution in [2.75, 3.05) is 29.0 Å². The summed E-state index contributed by atoms with van der Waals surface area (Å²) in [6.07, 6.45) is 0. The number of hydrogen-bond acceptors (Lipinski definition) is 5. The maximum Gasteiger partial charge on any atom is 0.330 e. The number of hydrogen-bond donors (Lipinski definition) is 3. The Hall–Kier alpha value is -3.95. The Bertz CT molecular complexity index is 1190. The van der Waals surface area contributed by atoms with Crippen LogP contribution in [0.25, 0.3) is 0 Å².